The Kier molecular flexibility index (Phi) is 2.93. The van der Waals surface area contributed by atoms with Gasteiger partial charge in [0, 0.05) is 16.6 Å². The van der Waals surface area contributed by atoms with E-state index in [1.54, 1.807) is 6.07 Å². The summed E-state index contributed by atoms with van der Waals surface area (Å²) >= 11 is 0. The van der Waals surface area contributed by atoms with Gasteiger partial charge in [0.05, 0.1) is 5.56 Å². The molecule has 0 saturated carbocycles. The van der Waals surface area contributed by atoms with Crippen LogP contribution in [0.3, 0.4) is 0 Å². The van der Waals surface area contributed by atoms with Gasteiger partial charge in [0.2, 0.25) is 0 Å². The third-order valence-electron chi connectivity index (χ3n) is 3.39. The first-order valence-corrected chi connectivity index (χ1v) is 6.32. The average Bonchev–Trinajstić information content (AvgIpc) is 2.82. The van der Waals surface area contributed by atoms with Crippen LogP contribution in [-0.4, -0.2) is 0 Å². The summed E-state index contributed by atoms with van der Waals surface area (Å²) in [6.07, 6.45) is -4.41. The highest BCUT2D eigenvalue weighted by Gasteiger charge is 2.31. The molecule has 0 unspecified atom stereocenters. The minimum Gasteiger partial charge on any atom is -0.456 e. The molecule has 1 aromatic heterocycles. The van der Waals surface area contributed by atoms with Crippen LogP contribution in [0.25, 0.3) is 22.3 Å². The fourth-order valence-electron chi connectivity index (χ4n) is 2.31. The highest BCUT2D eigenvalue weighted by atomic mass is 19.4. The fraction of sp³-hybridized carbons (Fsp3) is 0.125. The Hall–Kier alpha value is -2.43. The monoisotopic (exact) mass is 291 g/mol. The first-order valence-electron chi connectivity index (χ1n) is 6.32. The van der Waals surface area contributed by atoms with Crippen molar-refractivity contribution in [1.29, 1.82) is 0 Å². The van der Waals surface area contributed by atoms with Gasteiger partial charge in [-0.1, -0.05) is 18.2 Å². The molecule has 21 heavy (non-hydrogen) atoms. The molecule has 0 spiro atoms. The Morgan fingerprint density at radius 1 is 1.05 bits per heavy atom. The number of benzene rings is 2. The number of fused-ring (bicyclic) bond motifs is 1. The van der Waals surface area contributed by atoms with E-state index in [2.05, 4.69) is 0 Å². The van der Waals surface area contributed by atoms with Gasteiger partial charge in [0.15, 0.2) is 0 Å². The second-order valence-electron chi connectivity index (χ2n) is 4.90. The van der Waals surface area contributed by atoms with E-state index in [4.69, 9.17) is 10.2 Å². The Bertz CT molecular complexity index is 818. The van der Waals surface area contributed by atoms with Crippen molar-refractivity contribution in [1.82, 2.24) is 0 Å². The summed E-state index contributed by atoms with van der Waals surface area (Å²) in [5.74, 6) is 0.463. The van der Waals surface area contributed by atoms with Crippen LogP contribution in [0, 0.1) is 6.92 Å². The molecular weight excluding hydrogens is 279 g/mol. The van der Waals surface area contributed by atoms with Crippen molar-refractivity contribution in [2.24, 2.45) is 0 Å². The zero-order chi connectivity index (χ0) is 15.2. The quantitative estimate of drug-likeness (QED) is 0.640. The summed E-state index contributed by atoms with van der Waals surface area (Å²) in [6.45, 7) is 1.91. The first kappa shape index (κ1) is 13.5. The van der Waals surface area contributed by atoms with Gasteiger partial charge in [-0.25, -0.2) is 0 Å². The van der Waals surface area contributed by atoms with Crippen LogP contribution in [0.15, 0.2) is 46.9 Å². The molecule has 1 heterocycles. The maximum absolute atomic E-state index is 12.6. The van der Waals surface area contributed by atoms with Gasteiger partial charge < -0.3 is 10.2 Å². The van der Waals surface area contributed by atoms with Gasteiger partial charge in [-0.15, -0.1) is 0 Å². The van der Waals surface area contributed by atoms with Gasteiger partial charge in [-0.2, -0.15) is 13.2 Å². The number of furan rings is 1. The Morgan fingerprint density at radius 2 is 1.81 bits per heavy atom. The van der Waals surface area contributed by atoms with E-state index in [0.717, 1.165) is 23.1 Å². The summed E-state index contributed by atoms with van der Waals surface area (Å²) in [6, 6.07) is 10.7. The maximum Gasteiger partial charge on any atom is 0.416 e. The molecule has 2 N–H and O–H groups in total. The average molecular weight is 291 g/mol. The third-order valence-corrected chi connectivity index (χ3v) is 3.39. The summed E-state index contributed by atoms with van der Waals surface area (Å²) in [7, 11) is 0. The summed E-state index contributed by atoms with van der Waals surface area (Å²) < 4.78 is 43.7. The molecule has 0 saturated heterocycles. The molecule has 2 nitrogen and oxygen atoms in total. The SMILES string of the molecule is Cc1cccc2cc(-c3ccc(C(F)(F)F)cc3N)oc12. The Balaban J connectivity index is 2.13. The van der Waals surface area contributed by atoms with E-state index in [9.17, 15) is 13.2 Å². The molecule has 0 aliphatic carbocycles. The zero-order valence-corrected chi connectivity index (χ0v) is 11.2. The van der Waals surface area contributed by atoms with Crippen molar-refractivity contribution in [3.05, 3.63) is 53.6 Å². The highest BCUT2D eigenvalue weighted by molar-refractivity contribution is 5.87. The third kappa shape index (κ3) is 2.35. The summed E-state index contributed by atoms with van der Waals surface area (Å²) in [4.78, 5) is 0. The van der Waals surface area contributed by atoms with Gasteiger partial charge in [-0.05, 0) is 36.8 Å². The molecule has 5 heteroatoms. The van der Waals surface area contributed by atoms with Crippen molar-refractivity contribution in [2.45, 2.75) is 13.1 Å². The number of nitrogens with two attached hydrogens (primary N) is 1. The molecule has 0 radical (unpaired) electrons. The molecule has 3 rings (SSSR count). The molecule has 0 amide bonds. The van der Waals surface area contributed by atoms with Gasteiger partial charge in [0.1, 0.15) is 11.3 Å². The topological polar surface area (TPSA) is 39.2 Å². The number of para-hydroxylation sites is 1. The van der Waals surface area contributed by atoms with Crippen LogP contribution >= 0.6 is 0 Å². The fourth-order valence-corrected chi connectivity index (χ4v) is 2.31. The molecule has 0 aliphatic heterocycles. The number of hydrogen-bond donors (Lipinski definition) is 1. The number of rotatable bonds is 1. The lowest BCUT2D eigenvalue weighted by molar-refractivity contribution is -0.137. The van der Waals surface area contributed by atoms with Crippen molar-refractivity contribution >= 4 is 16.7 Å². The van der Waals surface area contributed by atoms with Crippen molar-refractivity contribution in [3.8, 4) is 11.3 Å². The lowest BCUT2D eigenvalue weighted by atomic mass is 10.1. The molecule has 3 aromatic rings. The normalized spacial score (nSPS) is 12.0. The minimum absolute atomic E-state index is 0.0431. The summed E-state index contributed by atoms with van der Waals surface area (Å²) in [5.41, 5.74) is 7.16. The standard InChI is InChI=1S/C16H12F3NO/c1-9-3-2-4-10-7-14(21-15(9)10)12-6-5-11(8-13(12)20)16(17,18)19/h2-8H,20H2,1H3. The van der Waals surface area contributed by atoms with Crippen LogP contribution in [-0.2, 0) is 6.18 Å². The van der Waals surface area contributed by atoms with Crippen LogP contribution in [0.5, 0.6) is 0 Å². The molecule has 0 atom stereocenters. The van der Waals surface area contributed by atoms with Crippen molar-refractivity contribution in [2.75, 3.05) is 5.73 Å². The van der Waals surface area contributed by atoms with E-state index >= 15 is 0 Å². The van der Waals surface area contributed by atoms with E-state index in [-0.39, 0.29) is 5.69 Å². The predicted molar refractivity (Wildman–Crippen MR) is 75.8 cm³/mol. The van der Waals surface area contributed by atoms with Gasteiger partial charge in [-0.3, -0.25) is 0 Å². The lowest BCUT2D eigenvalue weighted by Gasteiger charge is -2.09. The minimum atomic E-state index is -4.41. The molecule has 108 valence electrons. The van der Waals surface area contributed by atoms with Crippen LogP contribution in [0.4, 0.5) is 18.9 Å². The Labute approximate surface area is 119 Å². The molecule has 0 aliphatic rings. The smallest absolute Gasteiger partial charge is 0.416 e. The van der Waals surface area contributed by atoms with E-state index < -0.39 is 11.7 Å². The highest BCUT2D eigenvalue weighted by Crippen LogP contribution is 2.36. The van der Waals surface area contributed by atoms with Gasteiger partial charge in [0.25, 0.3) is 0 Å². The number of halogens is 3. The van der Waals surface area contributed by atoms with Gasteiger partial charge >= 0.3 is 6.18 Å². The molecule has 2 aromatic carbocycles. The largest absolute Gasteiger partial charge is 0.456 e. The van der Waals surface area contributed by atoms with E-state index in [1.807, 2.05) is 25.1 Å². The maximum atomic E-state index is 12.6. The van der Waals surface area contributed by atoms with Crippen LogP contribution in [0.1, 0.15) is 11.1 Å². The molecular formula is C16H12F3NO. The molecule has 0 fully saturated rings. The Morgan fingerprint density at radius 3 is 2.43 bits per heavy atom. The lowest BCUT2D eigenvalue weighted by Crippen LogP contribution is -2.05. The van der Waals surface area contributed by atoms with E-state index in [0.29, 0.717) is 16.9 Å². The first-order chi connectivity index (χ1) is 9.86. The van der Waals surface area contributed by atoms with Crippen LogP contribution < -0.4 is 5.73 Å². The predicted octanol–water partition coefficient (Wildman–Crippen LogP) is 5.01. The van der Waals surface area contributed by atoms with Crippen LogP contribution in [0.2, 0.25) is 0 Å². The van der Waals surface area contributed by atoms with E-state index in [1.165, 1.54) is 6.07 Å². The van der Waals surface area contributed by atoms with Crippen molar-refractivity contribution < 1.29 is 17.6 Å². The number of hydrogen-bond acceptors (Lipinski definition) is 2. The number of aryl methyl sites for hydroxylation is 1. The number of nitrogen functional groups attached to an aromatic ring is 1. The number of alkyl halides is 3. The second-order valence-corrected chi connectivity index (χ2v) is 4.90. The summed E-state index contributed by atoms with van der Waals surface area (Å²) in [5, 5.41) is 0.893. The zero-order valence-electron chi connectivity index (χ0n) is 11.2. The number of anilines is 1. The molecule has 0 bridgehead atoms. The second kappa shape index (κ2) is 4.55. The van der Waals surface area contributed by atoms with Crippen molar-refractivity contribution in [3.63, 3.8) is 0 Å².